The molecule has 0 aliphatic rings. The van der Waals surface area contributed by atoms with E-state index in [-0.39, 0.29) is 16.7 Å². The van der Waals surface area contributed by atoms with Gasteiger partial charge < -0.3 is 5.11 Å². The van der Waals surface area contributed by atoms with E-state index in [1.54, 1.807) is 0 Å². The topological polar surface area (TPSA) is 74.3 Å². The Kier molecular flexibility index (Phi) is 2.54. The summed E-state index contributed by atoms with van der Waals surface area (Å²) in [4.78, 5) is 31.0. The smallest absolute Gasteiger partial charge is 0.150 e. The van der Waals surface area contributed by atoms with Crippen LogP contribution in [0.4, 0.5) is 0 Å². The van der Waals surface area contributed by atoms with Gasteiger partial charge in [0, 0.05) is 16.7 Å². The van der Waals surface area contributed by atoms with Gasteiger partial charge in [-0.1, -0.05) is 5.75 Å². The Balaban J connectivity index is 3.44. The molecule has 0 fully saturated rings. The molecule has 0 heterocycles. The summed E-state index contributed by atoms with van der Waals surface area (Å²) >= 11 is 0. The quantitative estimate of drug-likeness (QED) is 0.618. The molecule has 0 aromatic heterocycles. The van der Waals surface area contributed by atoms with Crippen molar-refractivity contribution < 1.29 is 19.5 Å². The van der Waals surface area contributed by atoms with Gasteiger partial charge in [-0.2, -0.15) is 0 Å². The second-order valence-corrected chi connectivity index (χ2v) is 2.38. The third-order valence-electron chi connectivity index (χ3n) is 1.56. The van der Waals surface area contributed by atoms with Gasteiger partial charge in [0.05, 0.1) is 0 Å². The number of hydrogen-bond donors (Lipinski definition) is 0. The van der Waals surface area contributed by atoms with Gasteiger partial charge in [0.2, 0.25) is 0 Å². The molecule has 0 spiro atoms. The molecule has 0 saturated heterocycles. The summed E-state index contributed by atoms with van der Waals surface area (Å²) in [6, 6.07) is 2.30. The zero-order valence-corrected chi connectivity index (χ0v) is 6.52. The van der Waals surface area contributed by atoms with Crippen LogP contribution in [0.25, 0.3) is 0 Å². The van der Waals surface area contributed by atoms with Gasteiger partial charge in [0.25, 0.3) is 0 Å². The zero-order valence-electron chi connectivity index (χ0n) is 6.52. The Hall–Kier alpha value is -1.97. The molecule has 0 aliphatic carbocycles. The van der Waals surface area contributed by atoms with Crippen molar-refractivity contribution in [1.82, 2.24) is 0 Å². The van der Waals surface area contributed by atoms with Gasteiger partial charge >= 0.3 is 0 Å². The van der Waals surface area contributed by atoms with Crippen molar-refractivity contribution in [3.8, 4) is 5.75 Å². The van der Waals surface area contributed by atoms with E-state index in [1.165, 1.54) is 0 Å². The van der Waals surface area contributed by atoms with E-state index in [4.69, 9.17) is 0 Å². The van der Waals surface area contributed by atoms with Crippen molar-refractivity contribution in [1.29, 1.82) is 0 Å². The minimum atomic E-state index is -0.643. The fraction of sp³-hybridized carbons (Fsp3) is 0. The highest BCUT2D eigenvalue weighted by Crippen LogP contribution is 2.17. The molecule has 4 nitrogen and oxygen atoms in total. The van der Waals surface area contributed by atoms with E-state index in [9.17, 15) is 19.5 Å². The normalized spacial score (nSPS) is 9.23. The summed E-state index contributed by atoms with van der Waals surface area (Å²) in [6.45, 7) is 0. The first-order valence-corrected chi connectivity index (χ1v) is 3.43. The molecule has 0 unspecified atom stereocenters. The third kappa shape index (κ3) is 1.61. The van der Waals surface area contributed by atoms with Crippen LogP contribution in [-0.4, -0.2) is 18.9 Å². The monoisotopic (exact) mass is 177 g/mol. The summed E-state index contributed by atoms with van der Waals surface area (Å²) in [7, 11) is 0. The molecule has 0 atom stereocenters. The Morgan fingerprint density at radius 3 is 1.69 bits per heavy atom. The van der Waals surface area contributed by atoms with Crippen molar-refractivity contribution in [2.75, 3.05) is 0 Å². The van der Waals surface area contributed by atoms with E-state index in [0.717, 1.165) is 12.1 Å². The van der Waals surface area contributed by atoms with Gasteiger partial charge in [0.1, 0.15) is 18.9 Å². The van der Waals surface area contributed by atoms with Crippen molar-refractivity contribution in [2.45, 2.75) is 0 Å². The lowest BCUT2D eigenvalue weighted by atomic mass is 10.1. The maximum absolute atomic E-state index is 11.1. The maximum atomic E-state index is 11.1. The van der Waals surface area contributed by atoms with Crippen LogP contribution in [0.3, 0.4) is 0 Å². The Morgan fingerprint density at radius 2 is 1.38 bits per heavy atom. The summed E-state index contributed by atoms with van der Waals surface area (Å²) in [5, 5.41) is 11.1. The van der Waals surface area contributed by atoms with E-state index >= 15 is 0 Å². The molecule has 0 amide bonds. The maximum Gasteiger partial charge on any atom is 0.150 e. The predicted octanol–water partition coefficient (Wildman–Crippen LogP) is 0.198. The van der Waals surface area contributed by atoms with E-state index in [0.29, 0.717) is 18.9 Å². The van der Waals surface area contributed by atoms with Crippen LogP contribution in [0.5, 0.6) is 5.75 Å². The van der Waals surface area contributed by atoms with Gasteiger partial charge in [-0.25, -0.2) is 0 Å². The number of benzene rings is 1. The van der Waals surface area contributed by atoms with Crippen LogP contribution < -0.4 is 5.11 Å². The largest absolute Gasteiger partial charge is 0.871 e. The van der Waals surface area contributed by atoms with Crippen LogP contribution >= 0.6 is 0 Å². The molecular weight excluding hydrogens is 172 g/mol. The predicted molar refractivity (Wildman–Crippen MR) is 42.1 cm³/mol. The van der Waals surface area contributed by atoms with Crippen LogP contribution in [0.15, 0.2) is 12.1 Å². The highest BCUT2D eigenvalue weighted by atomic mass is 16.3. The molecule has 1 aromatic carbocycles. The lowest BCUT2D eigenvalue weighted by Crippen LogP contribution is -2.02. The average Bonchev–Trinajstić information content (AvgIpc) is 2.18. The lowest BCUT2D eigenvalue weighted by molar-refractivity contribution is -0.268. The molecule has 0 N–H and O–H groups in total. The Bertz CT molecular complexity index is 339. The fourth-order valence-electron chi connectivity index (χ4n) is 0.942. The van der Waals surface area contributed by atoms with Crippen molar-refractivity contribution in [2.24, 2.45) is 0 Å². The molecule has 0 bridgehead atoms. The minimum Gasteiger partial charge on any atom is -0.871 e. The first-order chi connectivity index (χ1) is 6.22. The molecule has 1 aromatic rings. The Morgan fingerprint density at radius 1 is 0.923 bits per heavy atom. The summed E-state index contributed by atoms with van der Waals surface area (Å²) in [5.74, 6) is -0.643. The molecule has 0 aliphatic heterocycles. The highest BCUT2D eigenvalue weighted by Gasteiger charge is 2.01. The van der Waals surface area contributed by atoms with Gasteiger partial charge in [-0.05, 0) is 12.1 Å². The van der Waals surface area contributed by atoms with Crippen LogP contribution in [0.1, 0.15) is 31.1 Å². The zero-order chi connectivity index (χ0) is 9.84. The van der Waals surface area contributed by atoms with E-state index in [2.05, 4.69) is 0 Å². The minimum absolute atomic E-state index is 0.142. The van der Waals surface area contributed by atoms with Crippen molar-refractivity contribution in [3.05, 3.63) is 28.8 Å². The van der Waals surface area contributed by atoms with Gasteiger partial charge in [-0.3, -0.25) is 14.4 Å². The second-order valence-electron chi connectivity index (χ2n) is 2.38. The van der Waals surface area contributed by atoms with Crippen molar-refractivity contribution in [3.63, 3.8) is 0 Å². The summed E-state index contributed by atoms with van der Waals surface area (Å²) in [5.41, 5.74) is -0.206. The molecular formula is C9H5O4-. The van der Waals surface area contributed by atoms with Crippen molar-refractivity contribution >= 4 is 18.9 Å². The van der Waals surface area contributed by atoms with Crippen LogP contribution in [0.2, 0.25) is 0 Å². The number of hydrogen-bond acceptors (Lipinski definition) is 4. The van der Waals surface area contributed by atoms with E-state index < -0.39 is 5.75 Å². The van der Waals surface area contributed by atoms with Crippen LogP contribution in [0, 0.1) is 0 Å². The SMILES string of the molecule is O=Cc1cc(C=O)c([O-])c(C=O)c1. The standard InChI is InChI=1S/C9H6O4/c10-3-6-1-7(4-11)9(13)8(2-6)5-12/h1-5,13H/p-1. The molecule has 1 rings (SSSR count). The molecule has 0 radical (unpaired) electrons. The number of aldehydes is 3. The molecule has 4 heteroatoms. The number of carbonyl (C=O) groups is 3. The highest BCUT2D eigenvalue weighted by molar-refractivity contribution is 5.92. The first kappa shape index (κ1) is 9.12. The average molecular weight is 177 g/mol. The second kappa shape index (κ2) is 3.62. The number of carbonyl (C=O) groups excluding carboxylic acids is 3. The first-order valence-electron chi connectivity index (χ1n) is 3.43. The summed E-state index contributed by atoms with van der Waals surface area (Å²) in [6.07, 6.45) is 1.12. The lowest BCUT2D eigenvalue weighted by Gasteiger charge is -2.11. The Labute approximate surface area is 73.8 Å². The third-order valence-corrected chi connectivity index (χ3v) is 1.56. The van der Waals surface area contributed by atoms with Gasteiger partial charge in [0.15, 0.2) is 0 Å². The number of rotatable bonds is 3. The fourth-order valence-corrected chi connectivity index (χ4v) is 0.942. The van der Waals surface area contributed by atoms with Gasteiger partial charge in [-0.15, -0.1) is 0 Å². The van der Waals surface area contributed by atoms with Crippen LogP contribution in [-0.2, 0) is 0 Å². The summed E-state index contributed by atoms with van der Waals surface area (Å²) < 4.78 is 0. The van der Waals surface area contributed by atoms with E-state index in [1.807, 2.05) is 0 Å². The molecule has 13 heavy (non-hydrogen) atoms. The molecule has 0 saturated carbocycles. The molecule has 66 valence electrons.